The standard InChI is InChI=1S/C16H25ClN2O2/c1-20-9-7-19(8-10-21-2)16-11-14(17)4-3-13(16)12-18-15-5-6-15/h3-4,11,15,18H,5-10,12H2,1-2H3. The van der Waals surface area contributed by atoms with Crippen LogP contribution in [0.4, 0.5) is 5.69 Å². The van der Waals surface area contributed by atoms with E-state index in [4.69, 9.17) is 21.1 Å². The van der Waals surface area contributed by atoms with Crippen LogP contribution in [-0.2, 0) is 16.0 Å². The lowest BCUT2D eigenvalue weighted by Crippen LogP contribution is -2.32. The summed E-state index contributed by atoms with van der Waals surface area (Å²) in [5.41, 5.74) is 2.45. The van der Waals surface area contributed by atoms with E-state index in [1.165, 1.54) is 24.1 Å². The van der Waals surface area contributed by atoms with Gasteiger partial charge in [-0.25, -0.2) is 0 Å². The van der Waals surface area contributed by atoms with Gasteiger partial charge >= 0.3 is 0 Å². The summed E-state index contributed by atoms with van der Waals surface area (Å²) >= 11 is 6.19. The van der Waals surface area contributed by atoms with Crippen molar-refractivity contribution >= 4 is 17.3 Å². The van der Waals surface area contributed by atoms with Gasteiger partial charge in [-0.1, -0.05) is 17.7 Å². The molecule has 1 aromatic rings. The number of halogens is 1. The van der Waals surface area contributed by atoms with Crippen molar-refractivity contribution < 1.29 is 9.47 Å². The lowest BCUT2D eigenvalue weighted by atomic mass is 10.1. The largest absolute Gasteiger partial charge is 0.383 e. The summed E-state index contributed by atoms with van der Waals surface area (Å²) in [5.74, 6) is 0. The zero-order valence-corrected chi connectivity index (χ0v) is 13.7. The molecule has 0 heterocycles. The second-order valence-corrected chi connectivity index (χ2v) is 5.84. The molecule has 0 amide bonds. The Morgan fingerprint density at radius 1 is 1.19 bits per heavy atom. The molecule has 5 heteroatoms. The van der Waals surface area contributed by atoms with Gasteiger partial charge in [-0.2, -0.15) is 0 Å². The highest BCUT2D eigenvalue weighted by atomic mass is 35.5. The third-order valence-electron chi connectivity index (χ3n) is 3.68. The maximum Gasteiger partial charge on any atom is 0.0637 e. The molecule has 4 nitrogen and oxygen atoms in total. The topological polar surface area (TPSA) is 33.7 Å². The average Bonchev–Trinajstić information content (AvgIpc) is 3.30. The van der Waals surface area contributed by atoms with Crippen molar-refractivity contribution in [3.8, 4) is 0 Å². The van der Waals surface area contributed by atoms with E-state index < -0.39 is 0 Å². The Morgan fingerprint density at radius 3 is 2.43 bits per heavy atom. The molecule has 0 saturated heterocycles. The number of methoxy groups -OCH3 is 2. The molecular weight excluding hydrogens is 288 g/mol. The third-order valence-corrected chi connectivity index (χ3v) is 3.91. The Hall–Kier alpha value is -0.810. The van der Waals surface area contributed by atoms with E-state index in [0.29, 0.717) is 19.3 Å². The Labute approximate surface area is 132 Å². The molecule has 0 spiro atoms. The van der Waals surface area contributed by atoms with Gasteiger partial charge in [-0.05, 0) is 30.5 Å². The fraction of sp³-hybridized carbons (Fsp3) is 0.625. The van der Waals surface area contributed by atoms with Crippen LogP contribution >= 0.6 is 11.6 Å². The van der Waals surface area contributed by atoms with Crippen molar-refractivity contribution in [2.75, 3.05) is 45.4 Å². The molecule has 21 heavy (non-hydrogen) atoms. The van der Waals surface area contributed by atoms with Crippen LogP contribution in [0.3, 0.4) is 0 Å². The van der Waals surface area contributed by atoms with Crippen molar-refractivity contribution in [3.63, 3.8) is 0 Å². The predicted molar refractivity (Wildman–Crippen MR) is 87.3 cm³/mol. The number of anilines is 1. The lowest BCUT2D eigenvalue weighted by molar-refractivity contribution is 0.190. The molecule has 2 rings (SSSR count). The van der Waals surface area contributed by atoms with Gasteiger partial charge in [-0.15, -0.1) is 0 Å². The van der Waals surface area contributed by atoms with Crippen LogP contribution < -0.4 is 10.2 Å². The van der Waals surface area contributed by atoms with Crippen LogP contribution in [0.15, 0.2) is 18.2 Å². The summed E-state index contributed by atoms with van der Waals surface area (Å²) in [5, 5.41) is 4.33. The number of ether oxygens (including phenoxy) is 2. The fourth-order valence-electron chi connectivity index (χ4n) is 2.28. The zero-order chi connectivity index (χ0) is 15.1. The molecule has 0 bridgehead atoms. The van der Waals surface area contributed by atoms with Crippen LogP contribution in [-0.4, -0.2) is 46.6 Å². The number of hydrogen-bond donors (Lipinski definition) is 1. The Bertz CT molecular complexity index is 430. The van der Waals surface area contributed by atoms with Crippen LogP contribution in [0.2, 0.25) is 5.02 Å². The van der Waals surface area contributed by atoms with Gasteiger partial charge < -0.3 is 19.7 Å². The SMILES string of the molecule is COCCN(CCOC)c1cc(Cl)ccc1CNC1CC1. The normalized spacial score (nSPS) is 14.4. The molecule has 1 fully saturated rings. The van der Waals surface area contributed by atoms with E-state index in [9.17, 15) is 0 Å². The molecular formula is C16H25ClN2O2. The first-order valence-corrected chi connectivity index (χ1v) is 7.87. The van der Waals surface area contributed by atoms with Crippen molar-refractivity contribution in [1.29, 1.82) is 0 Å². The zero-order valence-electron chi connectivity index (χ0n) is 12.9. The Morgan fingerprint density at radius 2 is 1.86 bits per heavy atom. The van der Waals surface area contributed by atoms with Gasteiger partial charge in [0.05, 0.1) is 13.2 Å². The number of hydrogen-bond acceptors (Lipinski definition) is 4. The summed E-state index contributed by atoms with van der Waals surface area (Å²) in [4.78, 5) is 2.28. The first-order chi connectivity index (χ1) is 10.2. The van der Waals surface area contributed by atoms with Gasteiger partial charge in [0, 0.05) is 50.6 Å². The molecule has 0 atom stereocenters. The van der Waals surface area contributed by atoms with Crippen molar-refractivity contribution in [3.05, 3.63) is 28.8 Å². The molecule has 118 valence electrons. The molecule has 0 radical (unpaired) electrons. The van der Waals surface area contributed by atoms with Crippen LogP contribution in [0, 0.1) is 0 Å². The van der Waals surface area contributed by atoms with E-state index in [0.717, 1.165) is 24.7 Å². The van der Waals surface area contributed by atoms with E-state index in [1.807, 2.05) is 12.1 Å². The molecule has 0 unspecified atom stereocenters. The average molecular weight is 313 g/mol. The minimum atomic E-state index is 0.686. The summed E-state index contributed by atoms with van der Waals surface area (Å²) in [6.07, 6.45) is 2.58. The minimum absolute atomic E-state index is 0.686. The molecule has 0 aliphatic heterocycles. The van der Waals surface area contributed by atoms with E-state index in [2.05, 4.69) is 16.3 Å². The molecule has 1 aliphatic rings. The van der Waals surface area contributed by atoms with Crippen molar-refractivity contribution in [1.82, 2.24) is 5.32 Å². The maximum atomic E-state index is 6.19. The highest BCUT2D eigenvalue weighted by molar-refractivity contribution is 6.30. The van der Waals surface area contributed by atoms with E-state index in [1.54, 1.807) is 14.2 Å². The fourth-order valence-corrected chi connectivity index (χ4v) is 2.44. The summed E-state index contributed by atoms with van der Waals surface area (Å²) in [6.45, 7) is 3.92. The van der Waals surface area contributed by atoms with Crippen LogP contribution in [0.25, 0.3) is 0 Å². The number of benzene rings is 1. The van der Waals surface area contributed by atoms with Gasteiger partial charge in [-0.3, -0.25) is 0 Å². The lowest BCUT2D eigenvalue weighted by Gasteiger charge is -2.27. The van der Waals surface area contributed by atoms with Crippen molar-refractivity contribution in [2.45, 2.75) is 25.4 Å². The second kappa shape index (κ2) is 8.59. The van der Waals surface area contributed by atoms with Crippen LogP contribution in [0.1, 0.15) is 18.4 Å². The number of nitrogens with zero attached hydrogens (tertiary/aromatic N) is 1. The maximum absolute atomic E-state index is 6.19. The Kier molecular flexibility index (Phi) is 6.77. The Balaban J connectivity index is 2.11. The van der Waals surface area contributed by atoms with E-state index >= 15 is 0 Å². The van der Waals surface area contributed by atoms with E-state index in [-0.39, 0.29) is 0 Å². The number of rotatable bonds is 10. The summed E-state index contributed by atoms with van der Waals surface area (Å²) in [7, 11) is 3.45. The number of nitrogens with one attached hydrogen (secondary N) is 1. The minimum Gasteiger partial charge on any atom is -0.383 e. The highest BCUT2D eigenvalue weighted by Gasteiger charge is 2.21. The first kappa shape index (κ1) is 16.6. The third kappa shape index (κ3) is 5.47. The van der Waals surface area contributed by atoms with Gasteiger partial charge in [0.15, 0.2) is 0 Å². The first-order valence-electron chi connectivity index (χ1n) is 7.49. The summed E-state index contributed by atoms with van der Waals surface area (Å²) in [6, 6.07) is 6.80. The predicted octanol–water partition coefficient (Wildman–Crippen LogP) is 2.69. The molecule has 1 aromatic carbocycles. The molecule has 1 saturated carbocycles. The molecule has 1 aliphatic carbocycles. The molecule has 0 aromatic heterocycles. The molecule has 1 N–H and O–H groups in total. The van der Waals surface area contributed by atoms with Crippen molar-refractivity contribution in [2.24, 2.45) is 0 Å². The quantitative estimate of drug-likeness (QED) is 0.720. The van der Waals surface area contributed by atoms with Crippen LogP contribution in [0.5, 0.6) is 0 Å². The smallest absolute Gasteiger partial charge is 0.0637 e. The monoisotopic (exact) mass is 312 g/mol. The van der Waals surface area contributed by atoms with Gasteiger partial charge in [0.25, 0.3) is 0 Å². The van der Waals surface area contributed by atoms with Gasteiger partial charge in [0.1, 0.15) is 0 Å². The summed E-state index contributed by atoms with van der Waals surface area (Å²) < 4.78 is 10.4. The second-order valence-electron chi connectivity index (χ2n) is 5.40. The highest BCUT2D eigenvalue weighted by Crippen LogP contribution is 2.26. The van der Waals surface area contributed by atoms with Gasteiger partial charge in [0.2, 0.25) is 0 Å².